The summed E-state index contributed by atoms with van der Waals surface area (Å²) < 4.78 is 12.7. The van der Waals surface area contributed by atoms with Crippen LogP contribution in [-0.2, 0) is 0 Å². The van der Waals surface area contributed by atoms with Crippen LogP contribution in [0.4, 0.5) is 4.39 Å². The standard InChI is InChI=1S/C6H3FINO2/c7-3-1-4(8)5(6(10)11)9-2-3/h1-2H,(H,10,11). The number of rotatable bonds is 1. The molecule has 3 nitrogen and oxygen atoms in total. The van der Waals surface area contributed by atoms with E-state index in [4.69, 9.17) is 5.11 Å². The van der Waals surface area contributed by atoms with Crippen molar-refractivity contribution in [1.29, 1.82) is 0 Å². The summed E-state index contributed by atoms with van der Waals surface area (Å²) >= 11 is 1.72. The number of nitrogens with zero attached hydrogens (tertiary/aromatic N) is 1. The molecule has 5 heteroatoms. The highest BCUT2D eigenvalue weighted by molar-refractivity contribution is 14.1. The molecule has 0 unspecified atom stereocenters. The lowest BCUT2D eigenvalue weighted by Gasteiger charge is -1.95. The summed E-state index contributed by atoms with van der Waals surface area (Å²) in [4.78, 5) is 13.7. The smallest absolute Gasteiger partial charge is 0.355 e. The Kier molecular flexibility index (Phi) is 2.38. The van der Waals surface area contributed by atoms with Gasteiger partial charge >= 0.3 is 5.97 Å². The molecule has 0 saturated heterocycles. The quantitative estimate of drug-likeness (QED) is 0.785. The third-order valence-electron chi connectivity index (χ3n) is 1.01. The zero-order valence-corrected chi connectivity index (χ0v) is 7.37. The molecule has 0 saturated carbocycles. The minimum Gasteiger partial charge on any atom is -0.476 e. The number of aromatic nitrogens is 1. The second-order valence-corrected chi connectivity index (χ2v) is 2.95. The summed E-state index contributed by atoms with van der Waals surface area (Å²) in [7, 11) is 0. The number of hydrogen-bond donors (Lipinski definition) is 1. The van der Waals surface area contributed by atoms with Crippen LogP contribution in [0.5, 0.6) is 0 Å². The first-order chi connectivity index (χ1) is 5.11. The summed E-state index contributed by atoms with van der Waals surface area (Å²) in [6.45, 7) is 0. The first kappa shape index (κ1) is 8.38. The predicted molar refractivity (Wildman–Crippen MR) is 43.9 cm³/mol. The van der Waals surface area contributed by atoms with Gasteiger partial charge in [-0.1, -0.05) is 0 Å². The molecule has 1 heterocycles. The molecule has 0 atom stereocenters. The fourth-order valence-corrected chi connectivity index (χ4v) is 1.24. The maximum atomic E-state index is 12.4. The number of carbonyl (C=O) groups is 1. The first-order valence-corrected chi connectivity index (χ1v) is 3.73. The van der Waals surface area contributed by atoms with Crippen LogP contribution in [0.1, 0.15) is 10.5 Å². The van der Waals surface area contributed by atoms with Crippen molar-refractivity contribution in [2.24, 2.45) is 0 Å². The van der Waals surface area contributed by atoms with E-state index in [0.29, 0.717) is 3.57 Å². The van der Waals surface area contributed by atoms with Crippen LogP contribution in [0.15, 0.2) is 12.3 Å². The van der Waals surface area contributed by atoms with Crippen LogP contribution in [0, 0.1) is 9.39 Å². The summed E-state index contributed by atoms with van der Waals surface area (Å²) in [5, 5.41) is 8.47. The van der Waals surface area contributed by atoms with E-state index in [-0.39, 0.29) is 5.69 Å². The van der Waals surface area contributed by atoms with Gasteiger partial charge in [-0.2, -0.15) is 0 Å². The summed E-state index contributed by atoms with van der Waals surface area (Å²) in [6, 6.07) is 1.12. The van der Waals surface area contributed by atoms with Crippen molar-refractivity contribution in [3.8, 4) is 0 Å². The Balaban J connectivity index is 3.20. The Morgan fingerprint density at radius 2 is 2.36 bits per heavy atom. The second-order valence-electron chi connectivity index (χ2n) is 1.79. The average Bonchev–Trinajstić information content (AvgIpc) is 1.85. The molecule has 0 spiro atoms. The molecule has 0 aromatic carbocycles. The van der Waals surface area contributed by atoms with Gasteiger partial charge in [-0.15, -0.1) is 0 Å². The molecule has 58 valence electrons. The third kappa shape index (κ3) is 1.86. The molecule has 1 aromatic rings. The van der Waals surface area contributed by atoms with E-state index in [9.17, 15) is 9.18 Å². The molecule has 0 aliphatic heterocycles. The highest BCUT2D eigenvalue weighted by atomic mass is 127. The van der Waals surface area contributed by atoms with Gasteiger partial charge in [0.15, 0.2) is 5.69 Å². The van der Waals surface area contributed by atoms with Gasteiger partial charge in [0.1, 0.15) is 5.82 Å². The van der Waals surface area contributed by atoms with Gasteiger partial charge in [-0.25, -0.2) is 14.2 Å². The van der Waals surface area contributed by atoms with E-state index >= 15 is 0 Å². The Morgan fingerprint density at radius 3 is 2.82 bits per heavy atom. The van der Waals surface area contributed by atoms with Crippen LogP contribution in [0.3, 0.4) is 0 Å². The second kappa shape index (κ2) is 3.12. The lowest BCUT2D eigenvalue weighted by Crippen LogP contribution is -2.03. The molecule has 0 bridgehead atoms. The largest absolute Gasteiger partial charge is 0.476 e. The number of carboxylic acids is 1. The Morgan fingerprint density at radius 1 is 1.73 bits per heavy atom. The Bertz CT molecular complexity index is 303. The van der Waals surface area contributed by atoms with Gasteiger partial charge in [0, 0.05) is 3.57 Å². The van der Waals surface area contributed by atoms with Crippen molar-refractivity contribution in [3.63, 3.8) is 0 Å². The average molecular weight is 267 g/mol. The lowest BCUT2D eigenvalue weighted by molar-refractivity contribution is 0.0689. The fraction of sp³-hybridized carbons (Fsp3) is 0. The molecule has 11 heavy (non-hydrogen) atoms. The van der Waals surface area contributed by atoms with Gasteiger partial charge in [-0.05, 0) is 28.7 Å². The van der Waals surface area contributed by atoms with Gasteiger partial charge in [-0.3, -0.25) is 0 Å². The van der Waals surface area contributed by atoms with Crippen LogP contribution >= 0.6 is 22.6 Å². The van der Waals surface area contributed by atoms with Gasteiger partial charge in [0.2, 0.25) is 0 Å². The van der Waals surface area contributed by atoms with E-state index in [2.05, 4.69) is 4.98 Å². The van der Waals surface area contributed by atoms with Gasteiger partial charge in [0.25, 0.3) is 0 Å². The molecule has 0 aliphatic rings. The molecule has 0 fully saturated rings. The minimum atomic E-state index is -1.14. The topological polar surface area (TPSA) is 50.2 Å². The first-order valence-electron chi connectivity index (χ1n) is 2.65. The van der Waals surface area contributed by atoms with Crippen molar-refractivity contribution in [3.05, 3.63) is 27.3 Å². The van der Waals surface area contributed by atoms with Crippen molar-refractivity contribution >= 4 is 28.6 Å². The number of carboxylic acid groups (broad SMARTS) is 1. The van der Waals surface area contributed by atoms with E-state index < -0.39 is 11.8 Å². The van der Waals surface area contributed by atoms with Crippen molar-refractivity contribution in [2.75, 3.05) is 0 Å². The summed E-state index contributed by atoms with van der Waals surface area (Å²) in [6.07, 6.45) is 0.881. The fourth-order valence-electron chi connectivity index (χ4n) is 0.572. The van der Waals surface area contributed by atoms with Crippen LogP contribution in [-0.4, -0.2) is 16.1 Å². The maximum absolute atomic E-state index is 12.4. The van der Waals surface area contributed by atoms with E-state index in [1.807, 2.05) is 0 Å². The SMILES string of the molecule is O=C(O)c1ncc(F)cc1I. The van der Waals surface area contributed by atoms with Crippen molar-refractivity contribution < 1.29 is 14.3 Å². The highest BCUT2D eigenvalue weighted by Gasteiger charge is 2.09. The van der Waals surface area contributed by atoms with Crippen LogP contribution in [0.25, 0.3) is 0 Å². The predicted octanol–water partition coefficient (Wildman–Crippen LogP) is 1.52. The zero-order chi connectivity index (χ0) is 8.43. The molecule has 1 aromatic heterocycles. The summed E-state index contributed by atoms with van der Waals surface area (Å²) in [5.41, 5.74) is -0.119. The monoisotopic (exact) mass is 267 g/mol. The van der Waals surface area contributed by atoms with E-state index in [1.54, 1.807) is 22.6 Å². The molecule has 1 N–H and O–H groups in total. The van der Waals surface area contributed by atoms with Crippen molar-refractivity contribution in [1.82, 2.24) is 4.98 Å². The molecule has 0 aliphatic carbocycles. The maximum Gasteiger partial charge on any atom is 0.355 e. The van der Waals surface area contributed by atoms with Crippen LogP contribution < -0.4 is 0 Å². The third-order valence-corrected chi connectivity index (χ3v) is 1.83. The Labute approximate surface area is 75.4 Å². The highest BCUT2D eigenvalue weighted by Crippen LogP contribution is 2.10. The van der Waals surface area contributed by atoms with Crippen LogP contribution in [0.2, 0.25) is 0 Å². The molecule has 0 amide bonds. The summed E-state index contributed by atoms with van der Waals surface area (Å²) in [5.74, 6) is -1.67. The number of aromatic carboxylic acids is 1. The number of pyridine rings is 1. The van der Waals surface area contributed by atoms with Gasteiger partial charge < -0.3 is 5.11 Å². The van der Waals surface area contributed by atoms with Crippen molar-refractivity contribution in [2.45, 2.75) is 0 Å². The normalized spacial score (nSPS) is 9.64. The molecule has 0 radical (unpaired) electrons. The lowest BCUT2D eigenvalue weighted by atomic mass is 10.3. The molecular weight excluding hydrogens is 264 g/mol. The molecule has 1 rings (SSSR count). The number of hydrogen-bond acceptors (Lipinski definition) is 2. The number of halogens is 2. The van der Waals surface area contributed by atoms with E-state index in [1.165, 1.54) is 0 Å². The Hall–Kier alpha value is -0.720. The zero-order valence-electron chi connectivity index (χ0n) is 5.21. The molecular formula is C6H3FINO2. The minimum absolute atomic E-state index is 0.119. The van der Waals surface area contributed by atoms with E-state index in [0.717, 1.165) is 12.3 Å². The van der Waals surface area contributed by atoms with Gasteiger partial charge in [0.05, 0.1) is 6.20 Å².